The van der Waals surface area contributed by atoms with Crippen molar-refractivity contribution in [2.75, 3.05) is 5.73 Å². The van der Waals surface area contributed by atoms with E-state index in [2.05, 4.69) is 4.72 Å². The molecular formula is C18H19N3O3S. The van der Waals surface area contributed by atoms with E-state index in [1.54, 1.807) is 18.2 Å². The Labute approximate surface area is 147 Å². The number of nitriles is 1. The lowest BCUT2D eigenvalue weighted by Crippen LogP contribution is -2.41. The highest BCUT2D eigenvalue weighted by Gasteiger charge is 2.36. The third kappa shape index (κ3) is 3.60. The number of nitrogen functional groups attached to an aromatic ring is 1. The van der Waals surface area contributed by atoms with E-state index in [0.717, 1.165) is 5.56 Å². The number of ether oxygens (including phenoxy) is 1. The van der Waals surface area contributed by atoms with Crippen LogP contribution in [-0.4, -0.2) is 14.0 Å². The molecule has 1 heterocycles. The predicted molar refractivity (Wildman–Crippen MR) is 94.4 cm³/mol. The summed E-state index contributed by atoms with van der Waals surface area (Å²) in [7, 11) is -3.75. The minimum Gasteiger partial charge on any atom is -0.487 e. The van der Waals surface area contributed by atoms with Gasteiger partial charge in [-0.2, -0.15) is 5.26 Å². The molecule has 3 rings (SSSR count). The normalized spacial score (nSPS) is 18.7. The van der Waals surface area contributed by atoms with Gasteiger partial charge in [0, 0.05) is 17.7 Å². The Morgan fingerprint density at radius 3 is 2.56 bits per heavy atom. The Kier molecular flexibility index (Phi) is 4.19. The third-order valence-electron chi connectivity index (χ3n) is 4.08. The van der Waals surface area contributed by atoms with Crippen LogP contribution in [-0.2, 0) is 10.0 Å². The van der Waals surface area contributed by atoms with Gasteiger partial charge in [0.1, 0.15) is 11.4 Å². The van der Waals surface area contributed by atoms with Gasteiger partial charge in [-0.05, 0) is 56.3 Å². The molecule has 0 saturated heterocycles. The largest absolute Gasteiger partial charge is 0.487 e. The Morgan fingerprint density at radius 2 is 1.92 bits per heavy atom. The maximum absolute atomic E-state index is 12.7. The highest BCUT2D eigenvalue weighted by molar-refractivity contribution is 7.89. The molecule has 1 aliphatic rings. The molecule has 0 bridgehead atoms. The summed E-state index contributed by atoms with van der Waals surface area (Å²) in [6.07, 6.45) is 0.471. The lowest BCUT2D eigenvalue weighted by Gasteiger charge is -2.37. The van der Waals surface area contributed by atoms with Crippen molar-refractivity contribution in [1.29, 1.82) is 5.26 Å². The van der Waals surface area contributed by atoms with E-state index in [1.165, 1.54) is 24.3 Å². The second-order valence-electron chi connectivity index (χ2n) is 6.67. The summed E-state index contributed by atoms with van der Waals surface area (Å²) in [5.74, 6) is 0.623. The Hall–Kier alpha value is -2.56. The SMILES string of the molecule is CC1(C)CC(NS(=O)(=O)c2ccc(C#N)cc2)c2cc(N)ccc2O1. The van der Waals surface area contributed by atoms with Crippen molar-refractivity contribution >= 4 is 15.7 Å². The van der Waals surface area contributed by atoms with Gasteiger partial charge in [0.25, 0.3) is 0 Å². The van der Waals surface area contributed by atoms with Crippen molar-refractivity contribution in [3.63, 3.8) is 0 Å². The average molecular weight is 357 g/mol. The number of anilines is 1. The number of nitrogens with two attached hydrogens (primary N) is 1. The van der Waals surface area contributed by atoms with Crippen LogP contribution in [0.5, 0.6) is 5.75 Å². The molecule has 2 aromatic rings. The van der Waals surface area contributed by atoms with Gasteiger partial charge in [-0.3, -0.25) is 0 Å². The van der Waals surface area contributed by atoms with Gasteiger partial charge in [0.15, 0.2) is 0 Å². The summed E-state index contributed by atoms with van der Waals surface area (Å²) in [5, 5.41) is 8.84. The van der Waals surface area contributed by atoms with E-state index in [1.807, 2.05) is 19.9 Å². The Balaban J connectivity index is 1.96. The maximum atomic E-state index is 12.7. The molecule has 1 unspecified atom stereocenters. The first-order valence-electron chi connectivity index (χ1n) is 7.81. The number of sulfonamides is 1. The van der Waals surface area contributed by atoms with Gasteiger partial charge in [-0.15, -0.1) is 0 Å². The first-order chi connectivity index (χ1) is 11.7. The number of rotatable bonds is 3. The molecule has 130 valence electrons. The second kappa shape index (κ2) is 6.06. The van der Waals surface area contributed by atoms with E-state index in [0.29, 0.717) is 23.4 Å². The molecule has 0 saturated carbocycles. The third-order valence-corrected chi connectivity index (χ3v) is 5.57. The molecule has 0 aliphatic carbocycles. The van der Waals surface area contributed by atoms with E-state index < -0.39 is 21.7 Å². The summed E-state index contributed by atoms with van der Waals surface area (Å²) in [6, 6.07) is 12.5. The minimum absolute atomic E-state index is 0.112. The summed E-state index contributed by atoms with van der Waals surface area (Å²) in [4.78, 5) is 0.112. The van der Waals surface area contributed by atoms with E-state index in [9.17, 15) is 8.42 Å². The van der Waals surface area contributed by atoms with Gasteiger partial charge in [0.05, 0.1) is 22.6 Å². The zero-order valence-electron chi connectivity index (χ0n) is 14.0. The standard InChI is InChI=1S/C18H19N3O3S/c1-18(2)10-16(15-9-13(20)5-8-17(15)24-18)21-25(22,23)14-6-3-12(11-19)4-7-14/h3-9,16,21H,10,20H2,1-2H3. The minimum atomic E-state index is -3.75. The zero-order valence-corrected chi connectivity index (χ0v) is 14.8. The van der Waals surface area contributed by atoms with Crippen LogP contribution in [0.3, 0.4) is 0 Å². The molecular weight excluding hydrogens is 338 g/mol. The van der Waals surface area contributed by atoms with Crippen molar-refractivity contribution in [2.45, 2.75) is 36.8 Å². The quantitative estimate of drug-likeness (QED) is 0.822. The van der Waals surface area contributed by atoms with E-state index in [-0.39, 0.29) is 4.90 Å². The molecule has 0 radical (unpaired) electrons. The smallest absolute Gasteiger partial charge is 0.241 e. The second-order valence-corrected chi connectivity index (χ2v) is 8.39. The van der Waals surface area contributed by atoms with Crippen LogP contribution < -0.4 is 15.2 Å². The van der Waals surface area contributed by atoms with Crippen LogP contribution in [0.15, 0.2) is 47.4 Å². The van der Waals surface area contributed by atoms with Crippen molar-refractivity contribution in [1.82, 2.24) is 4.72 Å². The van der Waals surface area contributed by atoms with Crippen LogP contribution in [0.1, 0.15) is 37.4 Å². The Bertz CT molecular complexity index is 945. The number of hydrogen-bond donors (Lipinski definition) is 2. The lowest BCUT2D eigenvalue weighted by atomic mass is 9.90. The highest BCUT2D eigenvalue weighted by Crippen LogP contribution is 2.41. The maximum Gasteiger partial charge on any atom is 0.241 e. The number of fused-ring (bicyclic) bond motifs is 1. The zero-order chi connectivity index (χ0) is 18.2. The molecule has 0 spiro atoms. The predicted octanol–water partition coefficient (Wildman–Crippen LogP) is 2.72. The number of nitrogens with one attached hydrogen (secondary N) is 1. The fraction of sp³-hybridized carbons (Fsp3) is 0.278. The van der Waals surface area contributed by atoms with E-state index in [4.69, 9.17) is 15.7 Å². The summed E-state index contributed by atoms with van der Waals surface area (Å²) < 4.78 is 34.1. The van der Waals surface area contributed by atoms with E-state index >= 15 is 0 Å². The first kappa shape index (κ1) is 17.3. The number of nitrogens with zero attached hydrogens (tertiary/aromatic N) is 1. The van der Waals surface area contributed by atoms with Crippen molar-refractivity contribution in [2.24, 2.45) is 0 Å². The average Bonchev–Trinajstić information content (AvgIpc) is 2.54. The highest BCUT2D eigenvalue weighted by atomic mass is 32.2. The van der Waals surface area contributed by atoms with Crippen molar-refractivity contribution < 1.29 is 13.2 Å². The summed E-state index contributed by atoms with van der Waals surface area (Å²) >= 11 is 0. The number of benzene rings is 2. The molecule has 0 amide bonds. The topological polar surface area (TPSA) is 105 Å². The van der Waals surface area contributed by atoms with Crippen molar-refractivity contribution in [3.8, 4) is 11.8 Å². The fourth-order valence-corrected chi connectivity index (χ4v) is 4.16. The molecule has 25 heavy (non-hydrogen) atoms. The molecule has 1 aliphatic heterocycles. The van der Waals surface area contributed by atoms with Gasteiger partial charge in [-0.1, -0.05) is 0 Å². The van der Waals surface area contributed by atoms with Crippen LogP contribution >= 0.6 is 0 Å². The molecule has 3 N–H and O–H groups in total. The first-order valence-corrected chi connectivity index (χ1v) is 9.29. The lowest BCUT2D eigenvalue weighted by molar-refractivity contribution is 0.0702. The van der Waals surface area contributed by atoms with Crippen LogP contribution in [0.25, 0.3) is 0 Å². The molecule has 7 heteroatoms. The van der Waals surface area contributed by atoms with Crippen LogP contribution in [0.4, 0.5) is 5.69 Å². The summed E-state index contributed by atoms with van der Waals surface area (Å²) in [5.41, 5.74) is 7.01. The van der Waals surface area contributed by atoms with Crippen LogP contribution in [0, 0.1) is 11.3 Å². The van der Waals surface area contributed by atoms with Gasteiger partial charge < -0.3 is 10.5 Å². The fourth-order valence-electron chi connectivity index (χ4n) is 2.94. The Morgan fingerprint density at radius 1 is 1.24 bits per heavy atom. The molecule has 6 nitrogen and oxygen atoms in total. The van der Waals surface area contributed by atoms with Crippen molar-refractivity contribution in [3.05, 3.63) is 53.6 Å². The monoisotopic (exact) mass is 357 g/mol. The molecule has 0 fully saturated rings. The molecule has 2 aromatic carbocycles. The summed E-state index contributed by atoms with van der Waals surface area (Å²) in [6.45, 7) is 3.82. The molecule has 1 atom stereocenters. The van der Waals surface area contributed by atoms with Gasteiger partial charge in [0.2, 0.25) is 10.0 Å². The van der Waals surface area contributed by atoms with Gasteiger partial charge in [-0.25, -0.2) is 13.1 Å². The molecule has 0 aromatic heterocycles. The van der Waals surface area contributed by atoms with Gasteiger partial charge >= 0.3 is 0 Å². The number of hydrogen-bond acceptors (Lipinski definition) is 5. The van der Waals surface area contributed by atoms with Crippen LogP contribution in [0.2, 0.25) is 0 Å².